The fourth-order valence-corrected chi connectivity index (χ4v) is 2.52. The summed E-state index contributed by atoms with van der Waals surface area (Å²) in [7, 11) is 0. The highest BCUT2D eigenvalue weighted by atomic mass is 35.5. The Balaban J connectivity index is 2.38. The monoisotopic (exact) mass is 311 g/mol. The molecule has 0 unspecified atom stereocenters. The van der Waals surface area contributed by atoms with E-state index in [1.165, 1.54) is 36.4 Å². The third-order valence-electron chi connectivity index (χ3n) is 2.42. The highest BCUT2D eigenvalue weighted by Gasteiger charge is 2.17. The molecule has 0 saturated carbocycles. The molecule has 0 heterocycles. The molecule has 2 rings (SSSR count). The van der Waals surface area contributed by atoms with Gasteiger partial charge in [-0.15, -0.1) is 0 Å². The Morgan fingerprint density at radius 2 is 1.85 bits per heavy atom. The Morgan fingerprint density at radius 1 is 1.20 bits per heavy atom. The summed E-state index contributed by atoms with van der Waals surface area (Å²) in [4.78, 5) is 22.5. The lowest BCUT2D eigenvalue weighted by Crippen LogP contribution is -1.95. The lowest BCUT2D eigenvalue weighted by atomic mass is 10.2. The Bertz CT molecular complexity index is 676. The smallest absolute Gasteiger partial charge is 0.276 e. The Hall–Kier alpha value is -1.92. The molecule has 0 amide bonds. The average Bonchev–Trinajstić information content (AvgIpc) is 2.41. The first-order valence-electron chi connectivity index (χ1n) is 5.39. The van der Waals surface area contributed by atoms with Crippen LogP contribution in [-0.4, -0.2) is 10.2 Å². The Morgan fingerprint density at radius 3 is 2.40 bits per heavy atom. The second kappa shape index (κ2) is 6.02. The summed E-state index contributed by atoms with van der Waals surface area (Å²) in [5.41, 5.74) is -0.160. The zero-order valence-corrected chi connectivity index (χ0v) is 11.5. The first kappa shape index (κ1) is 14.5. The van der Waals surface area contributed by atoms with Crippen molar-refractivity contribution in [3.63, 3.8) is 0 Å². The van der Waals surface area contributed by atoms with Crippen molar-refractivity contribution in [1.29, 1.82) is 0 Å². The van der Waals surface area contributed by atoms with Gasteiger partial charge in [0.25, 0.3) is 10.9 Å². The van der Waals surface area contributed by atoms with Crippen LogP contribution in [0.15, 0.2) is 52.3 Å². The van der Waals surface area contributed by atoms with Crippen molar-refractivity contribution in [2.75, 3.05) is 0 Å². The maximum absolute atomic E-state index is 12.8. The number of halogens is 2. The van der Waals surface area contributed by atoms with Crippen LogP contribution < -0.4 is 0 Å². The summed E-state index contributed by atoms with van der Waals surface area (Å²) < 4.78 is 12.8. The van der Waals surface area contributed by atoms with Gasteiger partial charge in [0.15, 0.2) is 0 Å². The van der Waals surface area contributed by atoms with Crippen LogP contribution in [0.5, 0.6) is 0 Å². The van der Waals surface area contributed by atoms with Crippen LogP contribution in [0.1, 0.15) is 10.4 Å². The predicted molar refractivity (Wildman–Crippen MR) is 73.8 cm³/mol. The molecule has 0 aromatic heterocycles. The second-order valence-corrected chi connectivity index (χ2v) is 5.23. The minimum atomic E-state index is -0.758. The van der Waals surface area contributed by atoms with E-state index in [9.17, 15) is 19.3 Å². The summed E-state index contributed by atoms with van der Waals surface area (Å²) in [6.45, 7) is 0. The third-order valence-corrected chi connectivity index (χ3v) is 3.72. The summed E-state index contributed by atoms with van der Waals surface area (Å²) in [6, 6.07) is 9.56. The molecule has 102 valence electrons. The van der Waals surface area contributed by atoms with Crippen LogP contribution >= 0.6 is 23.4 Å². The van der Waals surface area contributed by atoms with Crippen molar-refractivity contribution in [3.8, 4) is 0 Å². The predicted octanol–water partition coefficient (Wildman–Crippen LogP) is 4.26. The van der Waals surface area contributed by atoms with Gasteiger partial charge in [0, 0.05) is 16.5 Å². The van der Waals surface area contributed by atoms with Gasteiger partial charge in [-0.2, -0.15) is 0 Å². The SMILES string of the molecule is O=C(Cl)c1ccc(Sc2ccc(F)cc2)c([N+](=O)[O-])c1. The highest BCUT2D eigenvalue weighted by Crippen LogP contribution is 2.35. The van der Waals surface area contributed by atoms with Crippen LogP contribution in [0.25, 0.3) is 0 Å². The third kappa shape index (κ3) is 3.34. The summed E-state index contributed by atoms with van der Waals surface area (Å²) in [5.74, 6) is -0.382. The summed E-state index contributed by atoms with van der Waals surface area (Å²) in [6.07, 6.45) is 0. The molecular weight excluding hydrogens is 305 g/mol. The minimum Gasteiger partial charge on any atom is -0.276 e. The number of carbonyl (C=O) groups is 1. The summed E-state index contributed by atoms with van der Waals surface area (Å²) >= 11 is 6.41. The molecule has 4 nitrogen and oxygen atoms in total. The van der Waals surface area contributed by atoms with E-state index in [1.807, 2.05) is 0 Å². The number of nitrogens with zero attached hydrogens (tertiary/aromatic N) is 1. The van der Waals surface area contributed by atoms with Gasteiger partial charge in [-0.25, -0.2) is 4.39 Å². The average molecular weight is 312 g/mol. The topological polar surface area (TPSA) is 60.2 Å². The Kier molecular flexibility index (Phi) is 4.36. The number of hydrogen-bond acceptors (Lipinski definition) is 4. The van der Waals surface area contributed by atoms with E-state index in [0.717, 1.165) is 17.8 Å². The van der Waals surface area contributed by atoms with E-state index >= 15 is 0 Å². The maximum Gasteiger partial charge on any atom is 0.284 e. The quantitative estimate of drug-likeness (QED) is 0.481. The second-order valence-electron chi connectivity index (χ2n) is 3.77. The van der Waals surface area contributed by atoms with E-state index in [2.05, 4.69) is 0 Å². The molecule has 0 N–H and O–H groups in total. The number of rotatable bonds is 4. The van der Waals surface area contributed by atoms with Gasteiger partial charge in [0.1, 0.15) is 5.82 Å². The molecule has 7 heteroatoms. The lowest BCUT2D eigenvalue weighted by Gasteiger charge is -2.04. The molecule has 2 aromatic rings. The normalized spacial score (nSPS) is 10.3. The van der Waals surface area contributed by atoms with Gasteiger partial charge >= 0.3 is 0 Å². The van der Waals surface area contributed by atoms with Crippen LogP contribution in [0.4, 0.5) is 10.1 Å². The fourth-order valence-electron chi connectivity index (χ4n) is 1.50. The molecule has 20 heavy (non-hydrogen) atoms. The van der Waals surface area contributed by atoms with E-state index in [1.54, 1.807) is 0 Å². The minimum absolute atomic E-state index is 0.0572. The van der Waals surface area contributed by atoms with Crippen LogP contribution in [0, 0.1) is 15.9 Å². The van der Waals surface area contributed by atoms with Gasteiger partial charge in [0.05, 0.1) is 9.82 Å². The molecule has 0 saturated heterocycles. The van der Waals surface area contributed by atoms with E-state index in [4.69, 9.17) is 11.6 Å². The molecule has 0 aliphatic carbocycles. The first-order valence-corrected chi connectivity index (χ1v) is 6.58. The molecule has 0 spiro atoms. The van der Waals surface area contributed by atoms with Crippen molar-refractivity contribution in [1.82, 2.24) is 0 Å². The van der Waals surface area contributed by atoms with Crippen molar-refractivity contribution in [2.45, 2.75) is 9.79 Å². The molecule has 0 fully saturated rings. The molecule has 0 aliphatic rings. The number of hydrogen-bond donors (Lipinski definition) is 0. The molecule has 0 atom stereocenters. The van der Waals surface area contributed by atoms with Gasteiger partial charge in [-0.3, -0.25) is 14.9 Å². The van der Waals surface area contributed by atoms with Crippen molar-refractivity contribution in [3.05, 3.63) is 64.0 Å². The molecule has 2 aromatic carbocycles. The zero-order chi connectivity index (χ0) is 14.7. The molecule has 0 radical (unpaired) electrons. The number of benzene rings is 2. The number of nitro groups is 1. The van der Waals surface area contributed by atoms with Gasteiger partial charge < -0.3 is 0 Å². The molecule has 0 bridgehead atoms. The zero-order valence-electron chi connectivity index (χ0n) is 9.88. The van der Waals surface area contributed by atoms with Crippen LogP contribution in [0.3, 0.4) is 0 Å². The Labute approximate surface area is 122 Å². The first-order chi connectivity index (χ1) is 9.47. The fraction of sp³-hybridized carbons (Fsp3) is 0. The van der Waals surface area contributed by atoms with Crippen LogP contribution in [0.2, 0.25) is 0 Å². The van der Waals surface area contributed by atoms with Gasteiger partial charge in [-0.05, 0) is 48.0 Å². The van der Waals surface area contributed by atoms with E-state index < -0.39 is 10.2 Å². The maximum atomic E-state index is 12.8. The highest BCUT2D eigenvalue weighted by molar-refractivity contribution is 7.99. The number of carbonyl (C=O) groups excluding carboxylic acids is 1. The van der Waals surface area contributed by atoms with E-state index in [0.29, 0.717) is 9.79 Å². The lowest BCUT2D eigenvalue weighted by molar-refractivity contribution is -0.387. The number of nitro benzene ring substituents is 1. The van der Waals surface area contributed by atoms with Crippen molar-refractivity contribution in [2.24, 2.45) is 0 Å². The van der Waals surface area contributed by atoms with Crippen molar-refractivity contribution < 1.29 is 14.1 Å². The molecule has 0 aliphatic heterocycles. The van der Waals surface area contributed by atoms with Crippen LogP contribution in [-0.2, 0) is 0 Å². The molecular formula is C13H7ClFNO3S. The summed E-state index contributed by atoms with van der Waals surface area (Å²) in [5, 5.41) is 10.3. The van der Waals surface area contributed by atoms with Gasteiger partial charge in [-0.1, -0.05) is 11.8 Å². The van der Waals surface area contributed by atoms with Gasteiger partial charge in [0.2, 0.25) is 0 Å². The van der Waals surface area contributed by atoms with E-state index in [-0.39, 0.29) is 17.1 Å². The largest absolute Gasteiger partial charge is 0.284 e. The van der Waals surface area contributed by atoms with Crippen molar-refractivity contribution >= 4 is 34.3 Å². The standard InChI is InChI=1S/C13H7ClFNO3S/c14-13(17)8-1-6-12(11(7-8)16(18)19)20-10-4-2-9(15)3-5-10/h1-7H.